The molecule has 2 rings (SSSR count). The number of carbonyl (C=O) groups excluding carboxylic acids is 2. The van der Waals surface area contributed by atoms with Crippen LogP contribution in [-0.2, 0) is 9.59 Å². The third-order valence-electron chi connectivity index (χ3n) is 4.56. The van der Waals surface area contributed by atoms with Gasteiger partial charge in [0.1, 0.15) is 0 Å². The highest BCUT2D eigenvalue weighted by molar-refractivity contribution is 6.31. The molecule has 0 bridgehead atoms. The second-order valence-electron chi connectivity index (χ2n) is 6.88. The Labute approximate surface area is 177 Å². The second kappa shape index (κ2) is 12.0. The van der Waals surface area contributed by atoms with Crippen LogP contribution in [0.5, 0.6) is 0 Å². The summed E-state index contributed by atoms with van der Waals surface area (Å²) in [6.45, 7) is 3.99. The van der Waals surface area contributed by atoms with Gasteiger partial charge in [0.2, 0.25) is 11.8 Å². The van der Waals surface area contributed by atoms with Crippen LogP contribution in [0, 0.1) is 6.92 Å². The van der Waals surface area contributed by atoms with Crippen molar-refractivity contribution in [2.75, 3.05) is 5.32 Å². The van der Waals surface area contributed by atoms with E-state index >= 15 is 0 Å². The zero-order valence-corrected chi connectivity index (χ0v) is 17.8. The minimum Gasteiger partial charge on any atom is -0.326 e. The minimum absolute atomic E-state index is 0.0615. The smallest absolute Gasteiger partial charge is 0.240 e. The van der Waals surface area contributed by atoms with Crippen molar-refractivity contribution in [3.05, 3.63) is 64.7 Å². The molecule has 0 aliphatic heterocycles. The van der Waals surface area contributed by atoms with Gasteiger partial charge in [0.05, 0.1) is 5.71 Å². The van der Waals surface area contributed by atoms with Crippen molar-refractivity contribution in [1.29, 1.82) is 0 Å². The Hall–Kier alpha value is -2.66. The molecule has 2 aromatic rings. The molecular formula is C23H28ClN3O2. The van der Waals surface area contributed by atoms with Gasteiger partial charge in [0.15, 0.2) is 0 Å². The number of hydrogen-bond acceptors (Lipinski definition) is 3. The lowest BCUT2D eigenvalue weighted by molar-refractivity contribution is -0.124. The number of benzene rings is 2. The average molecular weight is 414 g/mol. The first-order chi connectivity index (χ1) is 14.0. The van der Waals surface area contributed by atoms with Crippen LogP contribution in [0.1, 0.15) is 56.6 Å². The summed E-state index contributed by atoms with van der Waals surface area (Å²) in [6, 6.07) is 15.1. The first kappa shape index (κ1) is 22.6. The third kappa shape index (κ3) is 7.70. The number of nitrogens with zero attached hydrogens (tertiary/aromatic N) is 1. The second-order valence-corrected chi connectivity index (χ2v) is 7.28. The molecule has 2 N–H and O–H groups in total. The van der Waals surface area contributed by atoms with Gasteiger partial charge in [-0.3, -0.25) is 9.59 Å². The Bertz CT molecular complexity index is 850. The van der Waals surface area contributed by atoms with E-state index in [0.29, 0.717) is 10.7 Å². The molecule has 0 fully saturated rings. The SMILES string of the molecule is CCCCCC(=NNC(=O)CCC(=O)Nc1cccc(Cl)c1C)c1ccccc1. The molecule has 0 heterocycles. The fraction of sp³-hybridized carbons (Fsp3) is 0.348. The molecule has 5 nitrogen and oxygen atoms in total. The Balaban J connectivity index is 1.88. The van der Waals surface area contributed by atoms with E-state index in [4.69, 9.17) is 11.6 Å². The van der Waals surface area contributed by atoms with Gasteiger partial charge in [-0.15, -0.1) is 0 Å². The molecule has 0 aliphatic carbocycles. The Morgan fingerprint density at radius 1 is 0.931 bits per heavy atom. The highest BCUT2D eigenvalue weighted by Gasteiger charge is 2.10. The van der Waals surface area contributed by atoms with E-state index in [2.05, 4.69) is 22.8 Å². The number of anilines is 1. The highest BCUT2D eigenvalue weighted by atomic mass is 35.5. The third-order valence-corrected chi connectivity index (χ3v) is 4.97. The zero-order chi connectivity index (χ0) is 21.1. The van der Waals surface area contributed by atoms with Crippen molar-refractivity contribution < 1.29 is 9.59 Å². The fourth-order valence-electron chi connectivity index (χ4n) is 2.81. The molecule has 0 saturated carbocycles. The van der Waals surface area contributed by atoms with Crippen LogP contribution < -0.4 is 10.7 Å². The molecule has 0 saturated heterocycles. The van der Waals surface area contributed by atoms with Crippen LogP contribution in [0.3, 0.4) is 0 Å². The molecule has 0 radical (unpaired) electrons. The van der Waals surface area contributed by atoms with Crippen LogP contribution in [0.15, 0.2) is 53.6 Å². The molecule has 29 heavy (non-hydrogen) atoms. The lowest BCUT2D eigenvalue weighted by Crippen LogP contribution is -2.22. The number of carbonyl (C=O) groups is 2. The molecule has 0 aliphatic rings. The Morgan fingerprint density at radius 3 is 2.38 bits per heavy atom. The predicted octanol–water partition coefficient (Wildman–Crippen LogP) is 5.47. The number of amides is 2. The van der Waals surface area contributed by atoms with Crippen molar-refractivity contribution in [3.8, 4) is 0 Å². The number of nitrogens with one attached hydrogen (secondary N) is 2. The average Bonchev–Trinajstić information content (AvgIpc) is 2.73. The van der Waals surface area contributed by atoms with Crippen molar-refractivity contribution in [1.82, 2.24) is 5.43 Å². The van der Waals surface area contributed by atoms with E-state index in [-0.39, 0.29) is 24.7 Å². The molecule has 2 amide bonds. The van der Waals surface area contributed by atoms with Crippen molar-refractivity contribution in [2.45, 2.75) is 52.4 Å². The lowest BCUT2D eigenvalue weighted by atomic mass is 10.0. The normalized spacial score (nSPS) is 11.2. The van der Waals surface area contributed by atoms with Gasteiger partial charge in [-0.1, -0.05) is 67.8 Å². The number of unbranched alkanes of at least 4 members (excludes halogenated alkanes) is 2. The largest absolute Gasteiger partial charge is 0.326 e. The Kier molecular flexibility index (Phi) is 9.38. The molecule has 0 spiro atoms. The van der Waals surface area contributed by atoms with Crippen molar-refractivity contribution in [3.63, 3.8) is 0 Å². The summed E-state index contributed by atoms with van der Waals surface area (Å²) < 4.78 is 0. The van der Waals surface area contributed by atoms with Crippen molar-refractivity contribution >= 4 is 34.8 Å². The molecule has 2 aromatic carbocycles. The van der Waals surface area contributed by atoms with Gasteiger partial charge >= 0.3 is 0 Å². The predicted molar refractivity (Wildman–Crippen MR) is 119 cm³/mol. The van der Waals surface area contributed by atoms with Crippen LogP contribution >= 0.6 is 11.6 Å². The van der Waals surface area contributed by atoms with Gasteiger partial charge in [-0.25, -0.2) is 5.43 Å². The summed E-state index contributed by atoms with van der Waals surface area (Å²) >= 11 is 6.06. The van der Waals surface area contributed by atoms with E-state index < -0.39 is 0 Å². The van der Waals surface area contributed by atoms with E-state index in [0.717, 1.165) is 42.5 Å². The van der Waals surface area contributed by atoms with Gasteiger partial charge in [-0.2, -0.15) is 5.10 Å². The van der Waals surface area contributed by atoms with E-state index in [9.17, 15) is 9.59 Å². The fourth-order valence-corrected chi connectivity index (χ4v) is 2.98. The highest BCUT2D eigenvalue weighted by Crippen LogP contribution is 2.23. The number of halogens is 1. The number of hydrazone groups is 1. The molecule has 0 atom stereocenters. The van der Waals surface area contributed by atoms with Gasteiger partial charge < -0.3 is 5.32 Å². The minimum atomic E-state index is -0.285. The van der Waals surface area contributed by atoms with Gasteiger partial charge in [0, 0.05) is 23.6 Å². The summed E-state index contributed by atoms with van der Waals surface area (Å²) in [7, 11) is 0. The summed E-state index contributed by atoms with van der Waals surface area (Å²) in [6.07, 6.45) is 4.18. The maximum atomic E-state index is 12.2. The van der Waals surface area contributed by atoms with Crippen LogP contribution in [0.25, 0.3) is 0 Å². The molecule has 6 heteroatoms. The van der Waals surface area contributed by atoms with Gasteiger partial charge in [-0.05, 0) is 43.0 Å². The monoisotopic (exact) mass is 413 g/mol. The van der Waals surface area contributed by atoms with Crippen molar-refractivity contribution in [2.24, 2.45) is 5.10 Å². The van der Waals surface area contributed by atoms with Crippen LogP contribution in [-0.4, -0.2) is 17.5 Å². The summed E-state index contributed by atoms with van der Waals surface area (Å²) in [5.41, 5.74) is 5.90. The topological polar surface area (TPSA) is 70.6 Å². The van der Waals surface area contributed by atoms with E-state index in [1.54, 1.807) is 18.2 Å². The number of rotatable bonds is 10. The molecule has 0 aromatic heterocycles. The first-order valence-electron chi connectivity index (χ1n) is 9.97. The van der Waals surface area contributed by atoms with Gasteiger partial charge in [0.25, 0.3) is 0 Å². The van der Waals surface area contributed by atoms with Crippen LogP contribution in [0.4, 0.5) is 5.69 Å². The Morgan fingerprint density at radius 2 is 1.66 bits per heavy atom. The van der Waals surface area contributed by atoms with E-state index in [1.165, 1.54) is 0 Å². The lowest BCUT2D eigenvalue weighted by Gasteiger charge is -2.10. The molecule has 0 unspecified atom stereocenters. The quantitative estimate of drug-likeness (QED) is 0.308. The van der Waals surface area contributed by atoms with Crippen LogP contribution in [0.2, 0.25) is 5.02 Å². The standard InChI is InChI=1S/C23H28ClN3O2/c1-3-4-6-13-21(18-10-7-5-8-11-18)26-27-23(29)16-15-22(28)25-20-14-9-12-19(24)17(20)2/h5,7-12,14H,3-4,6,13,15-16H2,1-2H3,(H,25,28)(H,27,29). The maximum absolute atomic E-state index is 12.2. The summed E-state index contributed by atoms with van der Waals surface area (Å²) in [4.78, 5) is 24.3. The summed E-state index contributed by atoms with van der Waals surface area (Å²) in [5.74, 6) is -0.521. The number of hydrogen-bond donors (Lipinski definition) is 2. The molecule has 154 valence electrons. The van der Waals surface area contributed by atoms with E-state index in [1.807, 2.05) is 37.3 Å². The molecular weight excluding hydrogens is 386 g/mol. The first-order valence-corrected chi connectivity index (χ1v) is 10.3. The zero-order valence-electron chi connectivity index (χ0n) is 17.0. The summed E-state index contributed by atoms with van der Waals surface area (Å²) in [5, 5.41) is 7.70. The maximum Gasteiger partial charge on any atom is 0.240 e.